The second-order valence-corrected chi connectivity index (χ2v) is 7.45. The molecule has 9 heteroatoms. The number of ether oxygens (including phenoxy) is 2. The summed E-state index contributed by atoms with van der Waals surface area (Å²) < 4.78 is 11.3. The lowest BCUT2D eigenvalue weighted by Gasteiger charge is -2.08. The van der Waals surface area contributed by atoms with E-state index in [0.29, 0.717) is 28.3 Å². The molecule has 0 radical (unpaired) electrons. The zero-order valence-corrected chi connectivity index (χ0v) is 19.0. The lowest BCUT2D eigenvalue weighted by atomic mass is 10.2. The van der Waals surface area contributed by atoms with Gasteiger partial charge in [0.15, 0.2) is 0 Å². The Morgan fingerprint density at radius 2 is 1.59 bits per heavy atom. The Morgan fingerprint density at radius 3 is 2.31 bits per heavy atom. The van der Waals surface area contributed by atoms with Crippen LogP contribution in [0.25, 0.3) is 0 Å². The number of carbonyl (C=O) groups is 3. The number of nitrogens with one attached hydrogen (secondary N) is 2. The molecule has 2 N–H and O–H groups in total. The van der Waals surface area contributed by atoms with E-state index in [1.54, 1.807) is 60.7 Å². The molecule has 2 amide bonds. The number of carbonyl (C=O) groups excluding carboxylic acids is 3. The van der Waals surface area contributed by atoms with Crippen molar-refractivity contribution in [1.29, 1.82) is 0 Å². The molecule has 0 spiro atoms. The van der Waals surface area contributed by atoms with Gasteiger partial charge in [-0.15, -0.1) is 0 Å². The van der Waals surface area contributed by atoms with E-state index >= 15 is 0 Å². The van der Waals surface area contributed by atoms with Gasteiger partial charge in [0.2, 0.25) is 0 Å². The predicted octanol–water partition coefficient (Wildman–Crippen LogP) is 3.61. The van der Waals surface area contributed by atoms with Gasteiger partial charge in [-0.25, -0.2) is 10.2 Å². The molecule has 0 fully saturated rings. The average Bonchev–Trinajstić information content (AvgIpc) is 2.80. The fourth-order valence-electron chi connectivity index (χ4n) is 2.55. The Labute approximate surface area is 197 Å². The maximum atomic E-state index is 12.3. The third kappa shape index (κ3) is 6.14. The van der Waals surface area contributed by atoms with Crippen molar-refractivity contribution in [1.82, 2.24) is 5.43 Å². The molecule has 0 atom stereocenters. The van der Waals surface area contributed by atoms with Crippen molar-refractivity contribution in [2.45, 2.75) is 0 Å². The lowest BCUT2D eigenvalue weighted by molar-refractivity contribution is -0.136. The molecular weight excluding hydrogens is 525 g/mol. The van der Waals surface area contributed by atoms with Crippen LogP contribution in [0.1, 0.15) is 15.9 Å². The Bertz CT molecular complexity index is 1160. The van der Waals surface area contributed by atoms with Crippen molar-refractivity contribution >= 4 is 52.3 Å². The van der Waals surface area contributed by atoms with E-state index in [-0.39, 0.29) is 0 Å². The maximum Gasteiger partial charge on any atom is 0.344 e. The fourth-order valence-corrected chi connectivity index (χ4v) is 3.16. The molecule has 32 heavy (non-hydrogen) atoms. The minimum Gasteiger partial charge on any atom is -0.495 e. The minimum atomic E-state index is -0.935. The number of amides is 2. The summed E-state index contributed by atoms with van der Waals surface area (Å²) in [6.45, 7) is 0. The summed E-state index contributed by atoms with van der Waals surface area (Å²) >= 11 is 2.07. The summed E-state index contributed by atoms with van der Waals surface area (Å²) in [5, 5.41) is 6.23. The van der Waals surface area contributed by atoms with E-state index in [1.807, 2.05) is 12.1 Å². The van der Waals surface area contributed by atoms with Crippen LogP contribution in [-0.4, -0.2) is 31.1 Å². The van der Waals surface area contributed by atoms with Crippen LogP contribution in [0.2, 0.25) is 0 Å². The van der Waals surface area contributed by atoms with Crippen LogP contribution < -0.4 is 20.2 Å². The Hall–Kier alpha value is -3.73. The number of rotatable bonds is 6. The molecule has 0 aliphatic rings. The number of nitrogens with zero attached hydrogens (tertiary/aromatic N) is 1. The van der Waals surface area contributed by atoms with Crippen molar-refractivity contribution in [3.05, 3.63) is 87.5 Å². The maximum absolute atomic E-state index is 12.3. The van der Waals surface area contributed by atoms with E-state index in [1.165, 1.54) is 13.3 Å². The Balaban J connectivity index is 1.53. The quantitative estimate of drug-likeness (QED) is 0.124. The van der Waals surface area contributed by atoms with Crippen LogP contribution in [0.5, 0.6) is 11.5 Å². The van der Waals surface area contributed by atoms with Crippen LogP contribution in [0.4, 0.5) is 5.69 Å². The molecule has 8 nitrogen and oxygen atoms in total. The van der Waals surface area contributed by atoms with Gasteiger partial charge in [0.25, 0.3) is 0 Å². The van der Waals surface area contributed by atoms with Gasteiger partial charge in [-0.1, -0.05) is 24.3 Å². The summed E-state index contributed by atoms with van der Waals surface area (Å²) in [5.41, 5.74) is 3.63. The standard InChI is InChI=1S/C23H18IN3O5/c1-31-20-9-5-4-8-19(20)26-21(28)22(29)27-25-14-15-10-12-16(13-11-15)32-23(30)17-6-2-3-7-18(17)24/h2-14H,1H3,(H,26,28)(H,27,29)/b25-14-. The number of methoxy groups -OCH3 is 1. The first-order valence-electron chi connectivity index (χ1n) is 9.32. The molecule has 3 aromatic rings. The van der Waals surface area contributed by atoms with Gasteiger partial charge in [0, 0.05) is 3.57 Å². The smallest absolute Gasteiger partial charge is 0.344 e. The first kappa shape index (κ1) is 22.9. The van der Waals surface area contributed by atoms with Gasteiger partial charge < -0.3 is 14.8 Å². The highest BCUT2D eigenvalue weighted by molar-refractivity contribution is 14.1. The van der Waals surface area contributed by atoms with E-state index in [2.05, 4.69) is 38.4 Å². The van der Waals surface area contributed by atoms with Crippen LogP contribution in [-0.2, 0) is 9.59 Å². The van der Waals surface area contributed by atoms with E-state index < -0.39 is 17.8 Å². The summed E-state index contributed by atoms with van der Waals surface area (Å²) in [7, 11) is 1.46. The van der Waals surface area contributed by atoms with E-state index in [0.717, 1.165) is 3.57 Å². The number of halogens is 1. The van der Waals surface area contributed by atoms with Gasteiger partial charge in [-0.2, -0.15) is 5.10 Å². The number of hydrogen-bond donors (Lipinski definition) is 2. The zero-order chi connectivity index (χ0) is 22.9. The molecule has 3 rings (SSSR count). The number of anilines is 1. The molecule has 0 unspecified atom stereocenters. The zero-order valence-electron chi connectivity index (χ0n) is 16.9. The lowest BCUT2D eigenvalue weighted by Crippen LogP contribution is -2.32. The van der Waals surface area contributed by atoms with Gasteiger partial charge in [-0.3, -0.25) is 9.59 Å². The highest BCUT2D eigenvalue weighted by Crippen LogP contribution is 2.22. The molecule has 0 saturated heterocycles. The normalized spacial score (nSPS) is 10.4. The van der Waals surface area contributed by atoms with Crippen LogP contribution in [0.15, 0.2) is 77.9 Å². The fraction of sp³-hybridized carbons (Fsp3) is 0.0435. The predicted molar refractivity (Wildman–Crippen MR) is 128 cm³/mol. The third-order valence-corrected chi connectivity index (χ3v) is 5.07. The number of hydrogen-bond acceptors (Lipinski definition) is 6. The number of para-hydroxylation sites is 2. The van der Waals surface area contributed by atoms with Crippen molar-refractivity contribution in [2.24, 2.45) is 5.10 Å². The Morgan fingerprint density at radius 1 is 0.906 bits per heavy atom. The number of benzene rings is 3. The second-order valence-electron chi connectivity index (χ2n) is 6.29. The van der Waals surface area contributed by atoms with Crippen molar-refractivity contribution in [3.8, 4) is 11.5 Å². The first-order valence-corrected chi connectivity index (χ1v) is 10.4. The monoisotopic (exact) mass is 543 g/mol. The molecule has 0 heterocycles. The summed E-state index contributed by atoms with van der Waals surface area (Å²) in [5.74, 6) is -1.48. The van der Waals surface area contributed by atoms with Crippen molar-refractivity contribution in [2.75, 3.05) is 12.4 Å². The molecular formula is C23H18IN3O5. The SMILES string of the molecule is COc1ccccc1NC(=O)C(=O)N/N=C\c1ccc(OC(=O)c2ccccc2I)cc1. The minimum absolute atomic E-state index is 0.368. The van der Waals surface area contributed by atoms with Gasteiger partial charge in [-0.05, 0) is 76.7 Å². The summed E-state index contributed by atoms with van der Waals surface area (Å²) in [4.78, 5) is 36.2. The van der Waals surface area contributed by atoms with E-state index in [9.17, 15) is 14.4 Å². The van der Waals surface area contributed by atoms with Crippen molar-refractivity contribution < 1.29 is 23.9 Å². The molecule has 0 aliphatic carbocycles. The Kier molecular flexibility index (Phi) is 7.92. The van der Waals surface area contributed by atoms with E-state index in [4.69, 9.17) is 9.47 Å². The molecule has 3 aromatic carbocycles. The van der Waals surface area contributed by atoms with Gasteiger partial charge in [0.05, 0.1) is 24.6 Å². The van der Waals surface area contributed by atoms with Crippen LogP contribution in [0.3, 0.4) is 0 Å². The number of hydrazone groups is 1. The third-order valence-electron chi connectivity index (χ3n) is 4.13. The molecule has 162 valence electrons. The first-order chi connectivity index (χ1) is 15.5. The van der Waals surface area contributed by atoms with Gasteiger partial charge in [0.1, 0.15) is 11.5 Å². The topological polar surface area (TPSA) is 106 Å². The van der Waals surface area contributed by atoms with Crippen LogP contribution >= 0.6 is 22.6 Å². The molecule has 0 aromatic heterocycles. The average molecular weight is 543 g/mol. The summed E-state index contributed by atoms with van der Waals surface area (Å²) in [6.07, 6.45) is 1.36. The largest absolute Gasteiger partial charge is 0.495 e. The molecule has 0 saturated carbocycles. The van der Waals surface area contributed by atoms with Gasteiger partial charge >= 0.3 is 17.8 Å². The number of esters is 1. The summed E-state index contributed by atoms with van der Waals surface area (Å²) in [6, 6.07) is 20.4. The highest BCUT2D eigenvalue weighted by Gasteiger charge is 2.15. The highest BCUT2D eigenvalue weighted by atomic mass is 127. The molecule has 0 aliphatic heterocycles. The van der Waals surface area contributed by atoms with Crippen molar-refractivity contribution in [3.63, 3.8) is 0 Å². The second kappa shape index (κ2) is 11.0. The van der Waals surface area contributed by atoms with Crippen LogP contribution in [0, 0.1) is 3.57 Å². The molecule has 0 bridgehead atoms.